The fraction of sp³-hybridized carbons (Fsp3) is 0.500. The molecule has 0 radical (unpaired) electrons. The standard InChI is InChI=1S/C20H27ClN2OS/c1-17-7-14-25-20(17)16-23(15-18-5-2-3-6-19(18)21)9-4-8-22-10-12-24-13-11-22/h2-3,5-7,14H,4,8-13,15-16H2,1H3. The first kappa shape index (κ1) is 18.9. The Morgan fingerprint density at radius 1 is 1.16 bits per heavy atom. The minimum atomic E-state index is 0.864. The van der Waals surface area contributed by atoms with Gasteiger partial charge < -0.3 is 4.74 Å². The van der Waals surface area contributed by atoms with Crippen LogP contribution in [0.3, 0.4) is 0 Å². The van der Waals surface area contributed by atoms with Crippen LogP contribution in [0.25, 0.3) is 0 Å². The van der Waals surface area contributed by atoms with Crippen LogP contribution in [-0.2, 0) is 17.8 Å². The van der Waals surface area contributed by atoms with Crippen LogP contribution in [0.5, 0.6) is 0 Å². The molecule has 1 saturated heterocycles. The number of hydrogen-bond donors (Lipinski definition) is 0. The van der Waals surface area contributed by atoms with Crippen molar-refractivity contribution in [3.63, 3.8) is 0 Å². The molecule has 3 nitrogen and oxygen atoms in total. The Hall–Kier alpha value is -0.910. The van der Waals surface area contributed by atoms with E-state index in [9.17, 15) is 0 Å². The summed E-state index contributed by atoms with van der Waals surface area (Å²) >= 11 is 8.24. The molecule has 1 aliphatic rings. The van der Waals surface area contributed by atoms with Gasteiger partial charge in [0.25, 0.3) is 0 Å². The molecule has 0 amide bonds. The molecule has 1 fully saturated rings. The Kier molecular flexibility index (Phi) is 7.32. The van der Waals surface area contributed by atoms with Crippen molar-refractivity contribution in [1.29, 1.82) is 0 Å². The lowest BCUT2D eigenvalue weighted by molar-refractivity contribution is 0.0359. The summed E-state index contributed by atoms with van der Waals surface area (Å²) in [5.41, 5.74) is 2.60. The van der Waals surface area contributed by atoms with Gasteiger partial charge in [-0.15, -0.1) is 11.3 Å². The van der Waals surface area contributed by atoms with Gasteiger partial charge in [-0.1, -0.05) is 29.8 Å². The van der Waals surface area contributed by atoms with Gasteiger partial charge in [0.1, 0.15) is 0 Å². The highest BCUT2D eigenvalue weighted by Gasteiger charge is 2.14. The zero-order chi connectivity index (χ0) is 17.5. The molecule has 0 aliphatic carbocycles. The Bertz CT molecular complexity index is 655. The van der Waals surface area contributed by atoms with Gasteiger partial charge in [0.05, 0.1) is 13.2 Å². The van der Waals surface area contributed by atoms with E-state index in [-0.39, 0.29) is 0 Å². The summed E-state index contributed by atoms with van der Waals surface area (Å²) < 4.78 is 5.44. The second-order valence-electron chi connectivity index (χ2n) is 6.64. The Labute approximate surface area is 160 Å². The van der Waals surface area contributed by atoms with E-state index < -0.39 is 0 Å². The van der Waals surface area contributed by atoms with E-state index in [1.54, 1.807) is 0 Å². The van der Waals surface area contributed by atoms with E-state index in [0.717, 1.165) is 57.5 Å². The van der Waals surface area contributed by atoms with E-state index >= 15 is 0 Å². The van der Waals surface area contributed by atoms with Crippen LogP contribution in [-0.4, -0.2) is 49.2 Å². The molecule has 0 N–H and O–H groups in total. The van der Waals surface area contributed by atoms with Gasteiger partial charge in [-0.2, -0.15) is 0 Å². The second-order valence-corrected chi connectivity index (χ2v) is 8.04. The molecule has 0 spiro atoms. The highest BCUT2D eigenvalue weighted by Crippen LogP contribution is 2.22. The number of nitrogens with zero attached hydrogens (tertiary/aromatic N) is 2. The Morgan fingerprint density at radius 2 is 1.96 bits per heavy atom. The third kappa shape index (κ3) is 5.80. The van der Waals surface area contributed by atoms with E-state index in [1.807, 2.05) is 23.5 Å². The van der Waals surface area contributed by atoms with E-state index in [4.69, 9.17) is 16.3 Å². The zero-order valence-electron chi connectivity index (χ0n) is 14.9. The summed E-state index contributed by atoms with van der Waals surface area (Å²) in [4.78, 5) is 6.49. The minimum absolute atomic E-state index is 0.864. The van der Waals surface area contributed by atoms with E-state index in [0.29, 0.717) is 0 Å². The SMILES string of the molecule is Cc1ccsc1CN(CCCN1CCOCC1)Cc1ccccc1Cl. The van der Waals surface area contributed by atoms with Crippen molar-refractivity contribution in [2.45, 2.75) is 26.4 Å². The van der Waals surface area contributed by atoms with Crippen LogP contribution < -0.4 is 0 Å². The average molecular weight is 379 g/mol. The van der Waals surface area contributed by atoms with Crippen LogP contribution in [0.15, 0.2) is 35.7 Å². The van der Waals surface area contributed by atoms with E-state index in [1.165, 1.54) is 22.4 Å². The zero-order valence-corrected chi connectivity index (χ0v) is 16.5. The largest absolute Gasteiger partial charge is 0.379 e. The molecule has 1 aromatic heterocycles. The molecule has 25 heavy (non-hydrogen) atoms. The fourth-order valence-corrected chi connectivity index (χ4v) is 4.34. The molecule has 136 valence electrons. The molecular formula is C20H27ClN2OS. The minimum Gasteiger partial charge on any atom is -0.379 e. The maximum absolute atomic E-state index is 6.39. The maximum Gasteiger partial charge on any atom is 0.0594 e. The molecule has 0 unspecified atom stereocenters. The van der Waals surface area contributed by atoms with Gasteiger partial charge >= 0.3 is 0 Å². The van der Waals surface area contributed by atoms with Gasteiger partial charge in [0.15, 0.2) is 0 Å². The molecule has 1 aliphatic heterocycles. The Morgan fingerprint density at radius 3 is 2.68 bits per heavy atom. The number of ether oxygens (including phenoxy) is 1. The highest BCUT2D eigenvalue weighted by molar-refractivity contribution is 7.10. The van der Waals surface area contributed by atoms with Gasteiger partial charge in [-0.25, -0.2) is 0 Å². The van der Waals surface area contributed by atoms with E-state index in [2.05, 4.69) is 40.3 Å². The summed E-state index contributed by atoms with van der Waals surface area (Å²) in [5, 5.41) is 3.05. The number of rotatable bonds is 8. The summed E-state index contributed by atoms with van der Waals surface area (Å²) in [5.74, 6) is 0. The first-order valence-electron chi connectivity index (χ1n) is 9.01. The van der Waals surface area contributed by atoms with Crippen LogP contribution in [0.2, 0.25) is 5.02 Å². The van der Waals surface area contributed by atoms with Crippen molar-refractivity contribution < 1.29 is 4.74 Å². The lowest BCUT2D eigenvalue weighted by atomic mass is 10.2. The predicted molar refractivity (Wildman–Crippen MR) is 106 cm³/mol. The normalized spacial score (nSPS) is 15.8. The average Bonchev–Trinajstić information content (AvgIpc) is 3.02. The quantitative estimate of drug-likeness (QED) is 0.675. The van der Waals surface area contributed by atoms with Crippen molar-refractivity contribution >= 4 is 22.9 Å². The topological polar surface area (TPSA) is 15.7 Å². The van der Waals surface area contributed by atoms with Crippen LogP contribution in [0, 0.1) is 6.92 Å². The monoisotopic (exact) mass is 378 g/mol. The van der Waals surface area contributed by atoms with Crippen LogP contribution in [0.4, 0.5) is 0 Å². The molecule has 0 saturated carbocycles. The van der Waals surface area contributed by atoms with Crippen LogP contribution in [0.1, 0.15) is 22.4 Å². The number of hydrogen-bond acceptors (Lipinski definition) is 4. The van der Waals surface area contributed by atoms with Crippen molar-refractivity contribution in [2.75, 3.05) is 39.4 Å². The first-order valence-corrected chi connectivity index (χ1v) is 10.3. The third-order valence-electron chi connectivity index (χ3n) is 4.74. The van der Waals surface area contributed by atoms with Gasteiger partial charge in [0, 0.05) is 42.6 Å². The number of aryl methyl sites for hydroxylation is 1. The number of morpholine rings is 1. The third-order valence-corrected chi connectivity index (χ3v) is 6.12. The van der Waals surface area contributed by atoms with Crippen molar-refractivity contribution in [3.05, 3.63) is 56.7 Å². The molecule has 5 heteroatoms. The lowest BCUT2D eigenvalue weighted by Crippen LogP contribution is -2.38. The number of benzene rings is 1. The van der Waals surface area contributed by atoms with Crippen molar-refractivity contribution in [1.82, 2.24) is 9.80 Å². The molecule has 3 rings (SSSR count). The number of thiophene rings is 1. The first-order chi connectivity index (χ1) is 12.2. The second kappa shape index (κ2) is 9.70. The highest BCUT2D eigenvalue weighted by atomic mass is 35.5. The van der Waals surface area contributed by atoms with Crippen LogP contribution >= 0.6 is 22.9 Å². The van der Waals surface area contributed by atoms with Gasteiger partial charge in [0.2, 0.25) is 0 Å². The summed E-state index contributed by atoms with van der Waals surface area (Å²) in [6.45, 7) is 10.2. The Balaban J connectivity index is 1.59. The van der Waals surface area contributed by atoms with Crippen molar-refractivity contribution in [3.8, 4) is 0 Å². The maximum atomic E-state index is 6.39. The molecule has 2 heterocycles. The lowest BCUT2D eigenvalue weighted by Gasteiger charge is -2.28. The molecular weight excluding hydrogens is 352 g/mol. The predicted octanol–water partition coefficient (Wildman–Crippen LogP) is 4.43. The summed E-state index contributed by atoms with van der Waals surface area (Å²) in [7, 11) is 0. The molecule has 0 atom stereocenters. The van der Waals surface area contributed by atoms with Gasteiger partial charge in [-0.05, 0) is 48.5 Å². The summed E-state index contributed by atoms with van der Waals surface area (Å²) in [6, 6.07) is 10.4. The smallest absolute Gasteiger partial charge is 0.0594 e. The molecule has 2 aromatic rings. The van der Waals surface area contributed by atoms with Crippen molar-refractivity contribution in [2.24, 2.45) is 0 Å². The number of halogens is 1. The van der Waals surface area contributed by atoms with Gasteiger partial charge in [-0.3, -0.25) is 9.80 Å². The summed E-state index contributed by atoms with van der Waals surface area (Å²) in [6.07, 6.45) is 1.18. The molecule has 0 bridgehead atoms. The fourth-order valence-electron chi connectivity index (χ4n) is 3.19. The molecule has 1 aromatic carbocycles.